The number of nitrogens with zero attached hydrogens (tertiary/aromatic N) is 2. The zero-order valence-corrected chi connectivity index (χ0v) is 28.6. The Hall–Kier alpha value is -2.68. The summed E-state index contributed by atoms with van der Waals surface area (Å²) in [5, 5.41) is 37.1. The van der Waals surface area contributed by atoms with Crippen molar-refractivity contribution in [3.05, 3.63) is 57.6 Å². The molecule has 241 valence electrons. The summed E-state index contributed by atoms with van der Waals surface area (Å²) < 4.78 is 0. The minimum atomic E-state index is -1.19. The molecule has 1 fully saturated rings. The van der Waals surface area contributed by atoms with Gasteiger partial charge in [-0.2, -0.15) is 0 Å². The van der Waals surface area contributed by atoms with Gasteiger partial charge in [-0.05, 0) is 59.3 Å². The number of aryl methyl sites for hydroxylation is 1. The number of hydrogen-bond donors (Lipinski definition) is 4. The van der Waals surface area contributed by atoms with Gasteiger partial charge in [0.15, 0.2) is 0 Å². The number of phenols is 2. The Morgan fingerprint density at radius 1 is 0.767 bits per heavy atom. The van der Waals surface area contributed by atoms with Gasteiger partial charge in [-0.1, -0.05) is 87.3 Å². The Labute approximate surface area is 268 Å². The van der Waals surface area contributed by atoms with Crippen LogP contribution in [0.4, 0.5) is 0 Å². The molecule has 2 unspecified atom stereocenters. The molecule has 0 heterocycles. The second-order valence-corrected chi connectivity index (χ2v) is 14.5. The molecule has 0 amide bonds. The zero-order valence-electron chi connectivity index (χ0n) is 27.6. The van der Waals surface area contributed by atoms with Gasteiger partial charge >= 0.3 is 5.97 Å². The van der Waals surface area contributed by atoms with E-state index in [1.807, 2.05) is 18.5 Å². The van der Waals surface area contributed by atoms with Crippen LogP contribution in [-0.4, -0.2) is 57.5 Å². The number of hydrogen-bond acceptors (Lipinski definition) is 6. The molecule has 0 aromatic heterocycles. The van der Waals surface area contributed by atoms with Crippen LogP contribution in [-0.2, 0) is 37.8 Å². The maximum absolute atomic E-state index is 11.2. The van der Waals surface area contributed by atoms with Gasteiger partial charge < -0.3 is 20.4 Å². The van der Waals surface area contributed by atoms with E-state index in [1.54, 1.807) is 0 Å². The number of carboxylic acids is 1. The van der Waals surface area contributed by atoms with Gasteiger partial charge in [-0.25, -0.2) is 4.79 Å². The first-order valence-corrected chi connectivity index (χ1v) is 14.9. The maximum Gasteiger partial charge on any atom is 0.329 e. The van der Waals surface area contributed by atoms with Gasteiger partial charge in [0.1, 0.15) is 18.1 Å². The quantitative estimate of drug-likeness (QED) is 0.258. The largest absolute Gasteiger partial charge is 0.507 e. The molecule has 0 saturated heterocycles. The van der Waals surface area contributed by atoms with E-state index in [9.17, 15) is 10.2 Å². The molecule has 2 atom stereocenters. The second-order valence-electron chi connectivity index (χ2n) is 14.5. The third-order valence-electron chi connectivity index (χ3n) is 7.54. The number of aliphatic imine (C=N–C) groups is 2. The van der Waals surface area contributed by atoms with Gasteiger partial charge in [0.05, 0.1) is 12.1 Å². The van der Waals surface area contributed by atoms with Crippen LogP contribution in [0.5, 0.6) is 11.5 Å². The van der Waals surface area contributed by atoms with E-state index in [1.165, 1.54) is 5.56 Å². The number of carboxylic acid groups (broad SMARTS) is 1. The minimum Gasteiger partial charge on any atom is -0.507 e. The van der Waals surface area contributed by atoms with Crippen molar-refractivity contribution in [2.75, 3.05) is 6.61 Å². The van der Waals surface area contributed by atoms with Gasteiger partial charge in [0.25, 0.3) is 0 Å². The van der Waals surface area contributed by atoms with Crippen molar-refractivity contribution in [3.8, 4) is 11.5 Å². The first kappa shape index (κ1) is 38.3. The van der Waals surface area contributed by atoms with E-state index in [0.717, 1.165) is 53.5 Å². The van der Waals surface area contributed by atoms with Crippen molar-refractivity contribution >= 4 is 18.4 Å². The number of aromatic hydroxyl groups is 2. The normalized spacial score (nSPS) is 17.8. The van der Waals surface area contributed by atoms with Gasteiger partial charge in [0, 0.05) is 51.5 Å². The summed E-state index contributed by atoms with van der Waals surface area (Å²) in [5.74, 6) is -0.555. The summed E-state index contributed by atoms with van der Waals surface area (Å²) in [5.41, 5.74) is 5.39. The topological polar surface area (TPSA) is 123 Å². The molecular formula is C35H52CoN2O5. The van der Waals surface area contributed by atoms with E-state index >= 15 is 0 Å². The van der Waals surface area contributed by atoms with Crippen LogP contribution >= 0.6 is 0 Å². The Morgan fingerprint density at radius 2 is 1.16 bits per heavy atom. The average Bonchev–Trinajstić information content (AvgIpc) is 2.87. The fourth-order valence-corrected chi connectivity index (χ4v) is 5.03. The summed E-state index contributed by atoms with van der Waals surface area (Å²) in [6, 6.07) is 8.38. The number of aliphatic hydroxyl groups is 1. The average molecular weight is 640 g/mol. The first-order chi connectivity index (χ1) is 19.3. The number of aliphatic hydroxyl groups excluding tert-OH is 1. The second kappa shape index (κ2) is 15.4. The Morgan fingerprint density at radius 3 is 1.53 bits per heavy atom. The smallest absolute Gasteiger partial charge is 0.329 e. The number of benzene rings is 2. The standard InChI is InChI=1S/C33H48N2O2.C2H4O3.Co/c1-21-15-22(29(36)25(16-21)32(5,6)7)19-34-27-13-11-12-14-28(27)35-20-23-17-24(31(2,3)4)18-26(30(23)37)33(8,9)10;3-1-2(4)5;/h15-20,27-28,36-37H,11-14H2,1-10H3;3H,1H2,(H,4,5);. The van der Waals surface area contributed by atoms with Crippen molar-refractivity contribution in [1.82, 2.24) is 0 Å². The molecule has 1 aliphatic rings. The van der Waals surface area contributed by atoms with Crippen LogP contribution < -0.4 is 0 Å². The third kappa shape index (κ3) is 11.1. The van der Waals surface area contributed by atoms with E-state index in [4.69, 9.17) is 25.0 Å². The predicted molar refractivity (Wildman–Crippen MR) is 173 cm³/mol. The predicted octanol–water partition coefficient (Wildman–Crippen LogP) is 7.21. The van der Waals surface area contributed by atoms with Crippen LogP contribution in [0.15, 0.2) is 34.3 Å². The van der Waals surface area contributed by atoms with Crippen LogP contribution in [0.3, 0.4) is 0 Å². The van der Waals surface area contributed by atoms with Crippen LogP contribution in [0, 0.1) is 6.92 Å². The Bertz CT molecular complexity index is 1300. The Kier molecular flexibility index (Phi) is 13.7. The maximum atomic E-state index is 11.2. The molecule has 1 radical (unpaired) electrons. The van der Waals surface area contributed by atoms with Crippen LogP contribution in [0.25, 0.3) is 0 Å². The fraction of sp³-hybridized carbons (Fsp3) is 0.571. The number of phenolic OH excluding ortho intramolecular Hbond substituents is 2. The molecule has 1 saturated carbocycles. The minimum absolute atomic E-state index is 0. The molecule has 1 aliphatic carbocycles. The van der Waals surface area contributed by atoms with E-state index in [-0.39, 0.29) is 45.1 Å². The Balaban J connectivity index is 0.00000142. The zero-order chi connectivity index (χ0) is 32.0. The molecule has 0 aliphatic heterocycles. The van der Waals surface area contributed by atoms with E-state index in [2.05, 4.69) is 87.4 Å². The number of carbonyl (C=O) groups is 1. The summed E-state index contributed by atoms with van der Waals surface area (Å²) in [6.45, 7) is 20.6. The molecule has 4 N–H and O–H groups in total. The third-order valence-corrected chi connectivity index (χ3v) is 7.54. The van der Waals surface area contributed by atoms with Gasteiger partial charge in [-0.3, -0.25) is 9.98 Å². The van der Waals surface area contributed by atoms with Crippen molar-refractivity contribution in [2.24, 2.45) is 9.98 Å². The summed E-state index contributed by atoms with van der Waals surface area (Å²) >= 11 is 0. The molecule has 0 spiro atoms. The van der Waals surface area contributed by atoms with E-state index in [0.29, 0.717) is 11.5 Å². The van der Waals surface area contributed by atoms with Crippen LogP contribution in [0.1, 0.15) is 121 Å². The summed E-state index contributed by atoms with van der Waals surface area (Å²) in [6.07, 6.45) is 7.89. The SMILES string of the molecule is Cc1cc(C=NC2CCCCC2N=Cc2cc(C(C)(C)C)cc(C(C)(C)C)c2O)c(O)c(C(C)(C)C)c1.O=C(O)CO.[Co]. The van der Waals surface area contributed by atoms with Crippen molar-refractivity contribution in [3.63, 3.8) is 0 Å². The van der Waals surface area contributed by atoms with E-state index < -0.39 is 12.6 Å². The molecule has 0 bridgehead atoms. The molecule has 3 rings (SSSR count). The summed E-state index contributed by atoms with van der Waals surface area (Å²) in [4.78, 5) is 19.1. The number of aliphatic carboxylic acids is 1. The van der Waals surface area contributed by atoms with Crippen molar-refractivity contribution in [1.29, 1.82) is 0 Å². The fourth-order valence-electron chi connectivity index (χ4n) is 5.03. The first-order valence-electron chi connectivity index (χ1n) is 14.9. The molecule has 8 heteroatoms. The van der Waals surface area contributed by atoms with Crippen molar-refractivity contribution < 1.29 is 42.0 Å². The molecule has 2 aromatic rings. The molecule has 7 nitrogen and oxygen atoms in total. The van der Waals surface area contributed by atoms with Crippen molar-refractivity contribution in [2.45, 2.75) is 123 Å². The molecule has 43 heavy (non-hydrogen) atoms. The van der Waals surface area contributed by atoms with Gasteiger partial charge in [0.2, 0.25) is 0 Å². The number of rotatable bonds is 5. The summed E-state index contributed by atoms with van der Waals surface area (Å²) in [7, 11) is 0. The van der Waals surface area contributed by atoms with Gasteiger partial charge in [-0.15, -0.1) is 0 Å². The van der Waals surface area contributed by atoms with Crippen LogP contribution in [0.2, 0.25) is 0 Å². The monoisotopic (exact) mass is 639 g/mol. The molecule has 2 aromatic carbocycles. The molecular weight excluding hydrogens is 587 g/mol.